The summed E-state index contributed by atoms with van der Waals surface area (Å²) >= 11 is 0. The third kappa shape index (κ3) is 2380. The number of carboxylic acids is 4. The minimum absolute atomic E-state index is 0. The van der Waals surface area contributed by atoms with Gasteiger partial charge in [-0.2, -0.15) is 0 Å². The first-order valence-electron chi connectivity index (χ1n) is 4.21. The second-order valence-corrected chi connectivity index (χ2v) is 2.08. The van der Waals surface area contributed by atoms with Crippen molar-refractivity contribution in [2.75, 3.05) is 0 Å². The van der Waals surface area contributed by atoms with Crippen LogP contribution in [-0.2, 0) is 19.2 Å². The van der Waals surface area contributed by atoms with Gasteiger partial charge in [-0.15, -0.1) is 13.2 Å². The molecule has 126 valence electrons. The fourth-order valence-electron chi connectivity index (χ4n) is 0. The van der Waals surface area contributed by atoms with E-state index in [4.69, 9.17) is 39.6 Å². The van der Waals surface area contributed by atoms with Crippen molar-refractivity contribution in [1.29, 1.82) is 0 Å². The fraction of sp³-hybridized carbons (Fsp3) is 0.400. The van der Waals surface area contributed by atoms with E-state index in [-0.39, 0.29) is 41.9 Å². The molecular formula is C10H27N2NaO8. The van der Waals surface area contributed by atoms with Gasteiger partial charge in [0.05, 0.1) is 0 Å². The number of aliphatic carboxylic acids is 4. The number of rotatable bonds is 0. The van der Waals surface area contributed by atoms with Gasteiger partial charge in [-0.3, -0.25) is 19.2 Å². The van der Waals surface area contributed by atoms with E-state index < -0.39 is 23.9 Å². The van der Waals surface area contributed by atoms with Gasteiger partial charge in [0.2, 0.25) is 0 Å². The first-order chi connectivity index (χ1) is 7.93. The number of hydrogen-bond donors (Lipinski definition) is 6. The molecule has 0 amide bonds. The molecule has 10 nitrogen and oxygen atoms in total. The quantitative estimate of drug-likeness (QED) is 0.272. The van der Waals surface area contributed by atoms with E-state index in [0.717, 1.165) is 27.7 Å². The molecule has 0 fully saturated rings. The van der Waals surface area contributed by atoms with Gasteiger partial charge in [0, 0.05) is 27.7 Å². The molecule has 11 heteroatoms. The molecule has 0 spiro atoms. The first kappa shape index (κ1) is 50.4. The number of carbonyl (C=O) groups is 4. The SMILES string of the molecule is C=C.CC(=O)O.CC(=O)O.CC(=O)O.CC(=O)O.N.N.[NaH]. The van der Waals surface area contributed by atoms with Crippen molar-refractivity contribution in [2.24, 2.45) is 0 Å². The third-order valence-corrected chi connectivity index (χ3v) is 0. The van der Waals surface area contributed by atoms with Gasteiger partial charge in [0.25, 0.3) is 23.9 Å². The number of hydrogen-bond acceptors (Lipinski definition) is 6. The Kier molecular flexibility index (Phi) is 123. The summed E-state index contributed by atoms with van der Waals surface area (Å²) in [5.74, 6) is -3.33. The summed E-state index contributed by atoms with van der Waals surface area (Å²) < 4.78 is 0. The molecule has 0 saturated carbocycles. The molecule has 0 saturated heterocycles. The van der Waals surface area contributed by atoms with E-state index in [0.29, 0.717) is 0 Å². The predicted molar refractivity (Wildman–Crippen MR) is 81.7 cm³/mol. The van der Waals surface area contributed by atoms with Crippen LogP contribution < -0.4 is 12.3 Å². The van der Waals surface area contributed by atoms with Gasteiger partial charge in [-0.1, -0.05) is 0 Å². The van der Waals surface area contributed by atoms with Gasteiger partial charge in [-0.25, -0.2) is 0 Å². The molecule has 0 aliphatic rings. The monoisotopic (exact) mass is 326 g/mol. The molecule has 10 N–H and O–H groups in total. The Balaban J connectivity index is -0.0000000164. The van der Waals surface area contributed by atoms with Crippen LogP contribution in [0.1, 0.15) is 27.7 Å². The van der Waals surface area contributed by atoms with E-state index in [9.17, 15) is 0 Å². The van der Waals surface area contributed by atoms with Crippen LogP contribution in [0.15, 0.2) is 13.2 Å². The summed E-state index contributed by atoms with van der Waals surface area (Å²) in [4.78, 5) is 36.0. The maximum absolute atomic E-state index is 9.00. The van der Waals surface area contributed by atoms with Gasteiger partial charge in [-0.05, 0) is 0 Å². The molecule has 0 unspecified atom stereocenters. The average Bonchev–Trinajstić information content (AvgIpc) is 2.01. The van der Waals surface area contributed by atoms with Crippen molar-refractivity contribution in [3.8, 4) is 0 Å². The fourth-order valence-corrected chi connectivity index (χ4v) is 0. The van der Waals surface area contributed by atoms with Crippen molar-refractivity contribution in [3.63, 3.8) is 0 Å². The summed E-state index contributed by atoms with van der Waals surface area (Å²) in [6.45, 7) is 10.3. The molecule has 0 aliphatic carbocycles. The van der Waals surface area contributed by atoms with Crippen LogP contribution in [0.4, 0.5) is 0 Å². The molecule has 0 aromatic heterocycles. The molecule has 0 heterocycles. The van der Waals surface area contributed by atoms with Crippen LogP contribution in [0.2, 0.25) is 0 Å². The molecule has 0 radical (unpaired) electrons. The first-order valence-corrected chi connectivity index (χ1v) is 4.21. The zero-order chi connectivity index (χ0) is 16.3. The Bertz CT molecular complexity index is 185. The molecule has 0 aromatic carbocycles. The topological polar surface area (TPSA) is 219 Å². The second-order valence-electron chi connectivity index (χ2n) is 2.08. The van der Waals surface area contributed by atoms with E-state index in [1.54, 1.807) is 0 Å². The zero-order valence-electron chi connectivity index (χ0n) is 12.3. The van der Waals surface area contributed by atoms with E-state index in [1.165, 1.54) is 0 Å². The summed E-state index contributed by atoms with van der Waals surface area (Å²) in [6, 6.07) is 0. The van der Waals surface area contributed by atoms with Crippen molar-refractivity contribution in [2.45, 2.75) is 27.7 Å². The summed E-state index contributed by atoms with van der Waals surface area (Å²) in [5.41, 5.74) is 0. The van der Waals surface area contributed by atoms with E-state index in [2.05, 4.69) is 13.2 Å². The van der Waals surface area contributed by atoms with Crippen LogP contribution in [0.3, 0.4) is 0 Å². The van der Waals surface area contributed by atoms with E-state index >= 15 is 0 Å². The maximum atomic E-state index is 9.00. The molecule has 0 atom stereocenters. The van der Waals surface area contributed by atoms with Gasteiger partial charge in [0.1, 0.15) is 0 Å². The molecule has 0 bridgehead atoms. The van der Waals surface area contributed by atoms with Crippen molar-refractivity contribution in [3.05, 3.63) is 13.2 Å². The molecule has 0 aliphatic heterocycles. The van der Waals surface area contributed by atoms with Crippen molar-refractivity contribution < 1.29 is 39.6 Å². The Morgan fingerprint density at radius 3 is 0.571 bits per heavy atom. The standard InChI is InChI=1S/4C2H4O2.C2H4.2H3N.Na.H/c4*1-2(3)4;1-2;;;;/h4*1H3,(H,3,4);1-2H2;2*1H3;;. The second kappa shape index (κ2) is 51.3. The summed E-state index contributed by atoms with van der Waals surface area (Å²) in [6.07, 6.45) is 0. The van der Waals surface area contributed by atoms with Crippen molar-refractivity contribution in [1.82, 2.24) is 12.3 Å². The van der Waals surface area contributed by atoms with Gasteiger partial charge in [0.15, 0.2) is 0 Å². The van der Waals surface area contributed by atoms with Gasteiger partial charge >= 0.3 is 29.6 Å². The Morgan fingerprint density at radius 2 is 0.571 bits per heavy atom. The van der Waals surface area contributed by atoms with E-state index in [1.807, 2.05) is 0 Å². The Hall–Kier alpha value is -1.46. The number of carboxylic acid groups (broad SMARTS) is 4. The average molecular weight is 326 g/mol. The molecular weight excluding hydrogens is 299 g/mol. The summed E-state index contributed by atoms with van der Waals surface area (Å²) in [5, 5.41) is 29.7. The van der Waals surface area contributed by atoms with Crippen LogP contribution in [0.25, 0.3) is 0 Å². The van der Waals surface area contributed by atoms with Crippen LogP contribution in [0.5, 0.6) is 0 Å². The molecule has 0 aromatic rings. The third-order valence-electron chi connectivity index (χ3n) is 0. The van der Waals surface area contributed by atoms with Crippen LogP contribution in [0, 0.1) is 0 Å². The Labute approximate surface area is 146 Å². The van der Waals surface area contributed by atoms with Crippen molar-refractivity contribution >= 4 is 53.4 Å². The normalized spacial score (nSPS) is 4.95. The minimum atomic E-state index is -0.833. The summed E-state index contributed by atoms with van der Waals surface area (Å²) in [7, 11) is 0. The zero-order valence-corrected chi connectivity index (χ0v) is 12.3. The molecule has 21 heavy (non-hydrogen) atoms. The van der Waals surface area contributed by atoms with Gasteiger partial charge < -0.3 is 32.7 Å². The molecule has 0 rings (SSSR count). The van der Waals surface area contributed by atoms with Crippen LogP contribution in [-0.4, -0.2) is 73.9 Å². The predicted octanol–water partition coefficient (Wildman–Crippen LogP) is 0.841. The van der Waals surface area contributed by atoms with Crippen LogP contribution >= 0.6 is 0 Å². The Morgan fingerprint density at radius 1 is 0.571 bits per heavy atom.